The van der Waals surface area contributed by atoms with Crippen LogP contribution in [0.15, 0.2) is 59.3 Å². The fourth-order valence-electron chi connectivity index (χ4n) is 4.42. The average molecular weight is 544 g/mol. The number of carbonyl (C=O) groups is 2. The number of aryl methyl sites for hydroxylation is 2. The van der Waals surface area contributed by atoms with Gasteiger partial charge >= 0.3 is 0 Å². The van der Waals surface area contributed by atoms with Gasteiger partial charge in [-0.3, -0.25) is 14.5 Å². The van der Waals surface area contributed by atoms with Crippen LogP contribution < -0.4 is 0 Å². The highest BCUT2D eigenvalue weighted by atomic mass is 32.1. The molecule has 0 saturated carbocycles. The maximum Gasteiger partial charge on any atom is 0.261 e. The minimum atomic E-state index is -0.235. The van der Waals surface area contributed by atoms with Gasteiger partial charge in [0.25, 0.3) is 11.8 Å². The summed E-state index contributed by atoms with van der Waals surface area (Å²) in [4.78, 5) is 34.3. The third kappa shape index (κ3) is 3.83. The standard InChI is InChI=1S/C29H21NO2S4/c1-16-12-14-34-20(16)8-9-21-17(2)15-25(35-21)24-11-10-23(36-24)19-7-6-18(22-5-4-13-33-22)26-27(19)29(32)30(3)28(26)31/h4-15H,1-3H3/b9-8+. The van der Waals surface area contributed by atoms with E-state index in [-0.39, 0.29) is 11.8 Å². The predicted octanol–water partition coefficient (Wildman–Crippen LogP) is 8.95. The van der Waals surface area contributed by atoms with Crippen LogP contribution in [0.3, 0.4) is 0 Å². The normalized spacial score (nSPS) is 13.4. The van der Waals surface area contributed by atoms with Gasteiger partial charge in [-0.25, -0.2) is 0 Å². The van der Waals surface area contributed by atoms with Gasteiger partial charge in [0.1, 0.15) is 0 Å². The summed E-state index contributed by atoms with van der Waals surface area (Å²) in [5, 5.41) is 4.11. The molecule has 0 radical (unpaired) electrons. The van der Waals surface area contributed by atoms with E-state index >= 15 is 0 Å². The first-order valence-electron chi connectivity index (χ1n) is 11.4. The molecular formula is C29H21NO2S4. The van der Waals surface area contributed by atoms with Crippen LogP contribution >= 0.6 is 45.3 Å². The molecule has 0 N–H and O–H groups in total. The van der Waals surface area contributed by atoms with E-state index < -0.39 is 0 Å². The first-order chi connectivity index (χ1) is 17.4. The van der Waals surface area contributed by atoms with E-state index in [4.69, 9.17) is 0 Å². The summed E-state index contributed by atoms with van der Waals surface area (Å²) in [5.74, 6) is -0.468. The fourth-order valence-corrected chi connectivity index (χ4v) is 8.19. The van der Waals surface area contributed by atoms with Crippen molar-refractivity contribution in [1.29, 1.82) is 0 Å². The Bertz CT molecular complexity index is 1660. The van der Waals surface area contributed by atoms with Crippen molar-refractivity contribution in [3.05, 3.63) is 91.3 Å². The van der Waals surface area contributed by atoms with E-state index in [0.29, 0.717) is 11.1 Å². The second kappa shape index (κ2) is 9.09. The highest BCUT2D eigenvalue weighted by molar-refractivity contribution is 7.24. The molecule has 5 heterocycles. The van der Waals surface area contributed by atoms with Gasteiger partial charge in [-0.2, -0.15) is 0 Å². The van der Waals surface area contributed by atoms with Crippen LogP contribution in [-0.4, -0.2) is 23.8 Å². The number of rotatable bonds is 5. The molecule has 4 aromatic heterocycles. The number of thiophene rings is 4. The molecule has 0 fully saturated rings. The zero-order chi connectivity index (χ0) is 25.0. The molecule has 0 atom stereocenters. The largest absolute Gasteiger partial charge is 0.277 e. The van der Waals surface area contributed by atoms with Crippen LogP contribution in [0.25, 0.3) is 42.8 Å². The molecule has 0 aliphatic carbocycles. The fraction of sp³-hybridized carbons (Fsp3) is 0.103. The zero-order valence-electron chi connectivity index (χ0n) is 19.8. The molecule has 0 unspecified atom stereocenters. The highest BCUT2D eigenvalue weighted by Gasteiger charge is 2.38. The molecule has 178 valence electrons. The summed E-state index contributed by atoms with van der Waals surface area (Å²) in [6.45, 7) is 4.28. The van der Waals surface area contributed by atoms with Crippen molar-refractivity contribution < 1.29 is 9.59 Å². The third-order valence-electron chi connectivity index (χ3n) is 6.39. The summed E-state index contributed by atoms with van der Waals surface area (Å²) in [6, 6.07) is 16.5. The van der Waals surface area contributed by atoms with Crippen molar-refractivity contribution in [2.45, 2.75) is 13.8 Å². The van der Waals surface area contributed by atoms with Crippen LogP contribution in [0.2, 0.25) is 0 Å². The third-order valence-corrected chi connectivity index (χ3v) is 10.8. The van der Waals surface area contributed by atoms with Crippen molar-refractivity contribution in [3.8, 4) is 30.6 Å². The van der Waals surface area contributed by atoms with E-state index in [0.717, 1.165) is 25.8 Å². The van der Waals surface area contributed by atoms with Crippen molar-refractivity contribution in [2.75, 3.05) is 7.05 Å². The topological polar surface area (TPSA) is 37.4 Å². The van der Waals surface area contributed by atoms with Crippen molar-refractivity contribution in [1.82, 2.24) is 4.90 Å². The van der Waals surface area contributed by atoms with Gasteiger partial charge in [-0.05, 0) is 78.2 Å². The second-order valence-electron chi connectivity index (χ2n) is 8.68. The molecule has 5 aromatic rings. The van der Waals surface area contributed by atoms with Gasteiger partial charge < -0.3 is 0 Å². The summed E-state index contributed by atoms with van der Waals surface area (Å²) in [6.07, 6.45) is 4.40. The number of hydrogen-bond acceptors (Lipinski definition) is 6. The summed E-state index contributed by atoms with van der Waals surface area (Å²) >= 11 is 6.77. The molecule has 2 amide bonds. The van der Waals surface area contributed by atoms with Crippen LogP contribution in [0.4, 0.5) is 0 Å². The van der Waals surface area contributed by atoms with Crippen molar-refractivity contribution >= 4 is 69.3 Å². The Balaban J connectivity index is 1.38. The Hall–Kier alpha value is -3.10. The molecule has 1 aromatic carbocycles. The molecule has 0 saturated heterocycles. The number of carbonyl (C=O) groups excluding carboxylic acids is 2. The molecular weight excluding hydrogens is 523 g/mol. The van der Waals surface area contributed by atoms with Crippen LogP contribution in [0.1, 0.15) is 41.6 Å². The van der Waals surface area contributed by atoms with Crippen LogP contribution in [-0.2, 0) is 0 Å². The Labute approximate surface area is 225 Å². The number of hydrogen-bond donors (Lipinski definition) is 0. The van der Waals surface area contributed by atoms with Gasteiger partial charge in [0.05, 0.1) is 11.1 Å². The van der Waals surface area contributed by atoms with Gasteiger partial charge in [0.2, 0.25) is 0 Å². The maximum absolute atomic E-state index is 13.1. The lowest BCUT2D eigenvalue weighted by Crippen LogP contribution is -2.24. The summed E-state index contributed by atoms with van der Waals surface area (Å²) in [7, 11) is 1.56. The molecule has 7 heteroatoms. The van der Waals surface area contributed by atoms with E-state index in [2.05, 4.69) is 55.6 Å². The molecule has 1 aliphatic rings. The lowest BCUT2D eigenvalue weighted by molar-refractivity contribution is 0.0693. The monoisotopic (exact) mass is 543 g/mol. The predicted molar refractivity (Wildman–Crippen MR) is 156 cm³/mol. The maximum atomic E-state index is 13.1. The minimum absolute atomic E-state index is 0.233. The SMILES string of the molecule is Cc1ccsc1/C=C/c1sc(-c2ccc(-c3ccc(-c4cccs4)c4c3C(=O)N(C)C4=O)s2)cc1C. The summed E-state index contributed by atoms with van der Waals surface area (Å²) < 4.78 is 0. The summed E-state index contributed by atoms with van der Waals surface area (Å²) in [5.41, 5.74) is 5.23. The van der Waals surface area contributed by atoms with E-state index in [9.17, 15) is 9.59 Å². The van der Waals surface area contributed by atoms with Gasteiger partial charge in [0, 0.05) is 47.4 Å². The molecule has 36 heavy (non-hydrogen) atoms. The first-order valence-corrected chi connectivity index (χ1v) is 14.8. The molecule has 1 aliphatic heterocycles. The second-order valence-corrected chi connectivity index (χ2v) is 12.7. The number of nitrogens with zero attached hydrogens (tertiary/aromatic N) is 1. The van der Waals surface area contributed by atoms with Gasteiger partial charge in [-0.1, -0.05) is 18.2 Å². The zero-order valence-corrected chi connectivity index (χ0v) is 23.1. The number of benzene rings is 1. The minimum Gasteiger partial charge on any atom is -0.277 e. The van der Waals surface area contributed by atoms with Crippen LogP contribution in [0.5, 0.6) is 0 Å². The smallest absolute Gasteiger partial charge is 0.261 e. The Kier molecular flexibility index (Phi) is 5.88. The van der Waals surface area contributed by atoms with Crippen LogP contribution in [0, 0.1) is 13.8 Å². The van der Waals surface area contributed by atoms with Gasteiger partial charge in [-0.15, -0.1) is 45.3 Å². The lowest BCUT2D eigenvalue weighted by atomic mass is 9.95. The molecule has 6 rings (SSSR count). The molecule has 3 nitrogen and oxygen atoms in total. The Morgan fingerprint density at radius 1 is 0.667 bits per heavy atom. The van der Waals surface area contributed by atoms with E-state index in [1.165, 1.54) is 30.7 Å². The lowest BCUT2D eigenvalue weighted by Gasteiger charge is -2.08. The number of fused-ring (bicyclic) bond motifs is 1. The first kappa shape index (κ1) is 23.3. The Morgan fingerprint density at radius 3 is 2.03 bits per heavy atom. The highest BCUT2D eigenvalue weighted by Crippen LogP contribution is 2.44. The van der Waals surface area contributed by atoms with E-state index in [1.54, 1.807) is 52.4 Å². The number of amides is 2. The van der Waals surface area contributed by atoms with E-state index in [1.807, 2.05) is 29.6 Å². The molecule has 0 bridgehead atoms. The van der Waals surface area contributed by atoms with Crippen molar-refractivity contribution in [2.24, 2.45) is 0 Å². The average Bonchev–Trinajstić information content (AvgIpc) is 3.70. The number of imide groups is 1. The quantitative estimate of drug-likeness (QED) is 0.208. The van der Waals surface area contributed by atoms with Crippen molar-refractivity contribution in [3.63, 3.8) is 0 Å². The van der Waals surface area contributed by atoms with Gasteiger partial charge in [0.15, 0.2) is 0 Å². The molecule has 0 spiro atoms. The Morgan fingerprint density at radius 2 is 1.36 bits per heavy atom.